The molecule has 0 atom stereocenters. The predicted octanol–water partition coefficient (Wildman–Crippen LogP) is 7.37. The van der Waals surface area contributed by atoms with E-state index in [4.69, 9.17) is 12.6 Å². The van der Waals surface area contributed by atoms with Crippen molar-refractivity contribution >= 4 is 11.9 Å². The van der Waals surface area contributed by atoms with Crippen LogP contribution < -0.4 is 4.74 Å². The van der Waals surface area contributed by atoms with Gasteiger partial charge in [0.05, 0.1) is 9.35 Å². The van der Waals surface area contributed by atoms with Crippen molar-refractivity contribution in [1.29, 1.82) is 0 Å². The summed E-state index contributed by atoms with van der Waals surface area (Å²) in [4.78, 5) is 25.8. The van der Waals surface area contributed by atoms with Crippen molar-refractivity contribution in [3.8, 4) is 5.75 Å². The Kier molecular flexibility index (Phi) is 7.75. The quantitative estimate of drug-likeness (QED) is 0.305. The molecule has 1 amide bonds. The van der Waals surface area contributed by atoms with E-state index in [2.05, 4.69) is 19.1 Å². The number of unbranched alkanes of at least 4 members (excludes halogenated alkanes) is 2. The summed E-state index contributed by atoms with van der Waals surface area (Å²) in [7, 11) is 0. The smallest absolute Gasteiger partial charge is 0.303 e. The van der Waals surface area contributed by atoms with Crippen LogP contribution in [0.4, 0.5) is 0 Å². The van der Waals surface area contributed by atoms with Crippen LogP contribution in [0.5, 0.6) is 5.75 Å². The Bertz CT molecular complexity index is 1140. The van der Waals surface area contributed by atoms with Crippen LogP contribution in [0.3, 0.4) is 0 Å². The van der Waals surface area contributed by atoms with E-state index in [1.165, 1.54) is 49.0 Å². The van der Waals surface area contributed by atoms with Crippen molar-refractivity contribution < 1.29 is 22.2 Å². The van der Waals surface area contributed by atoms with E-state index in [0.29, 0.717) is 48.2 Å². The lowest BCUT2D eigenvalue weighted by atomic mass is 9.52. The van der Waals surface area contributed by atoms with Gasteiger partial charge >= 0.3 is 5.97 Å². The largest absolute Gasteiger partial charge is 0.493 e. The van der Waals surface area contributed by atoms with Crippen molar-refractivity contribution in [2.24, 2.45) is 5.41 Å². The Morgan fingerprint density at radius 1 is 0.973 bits per heavy atom. The molecule has 200 valence electrons. The zero-order valence-electron chi connectivity index (χ0n) is 24.6. The van der Waals surface area contributed by atoms with Gasteiger partial charge < -0.3 is 14.7 Å². The molecule has 0 aromatic heterocycles. The number of fused-ring (bicyclic) bond motifs is 3. The topological polar surface area (TPSA) is 66.8 Å². The maximum absolute atomic E-state index is 13.8. The molecule has 3 aliphatic carbocycles. The number of rotatable bonds is 12. The van der Waals surface area contributed by atoms with E-state index in [1.54, 1.807) is 24.3 Å². The minimum atomic E-state index is -2.10. The molecule has 2 aromatic carbocycles. The molecule has 3 fully saturated rings. The second-order valence-corrected chi connectivity index (χ2v) is 11.6. The van der Waals surface area contributed by atoms with Gasteiger partial charge in [-0.3, -0.25) is 9.59 Å². The summed E-state index contributed by atoms with van der Waals surface area (Å²) in [5.74, 6) is -0.754. The first kappa shape index (κ1) is 24.5. The third-order valence-corrected chi connectivity index (χ3v) is 8.52. The molecule has 0 saturated heterocycles. The number of hydrogen-bond acceptors (Lipinski definition) is 3. The summed E-state index contributed by atoms with van der Waals surface area (Å²) in [5.41, 5.74) is 2.82. The van der Waals surface area contributed by atoms with Crippen molar-refractivity contribution in [1.82, 2.24) is 4.90 Å². The number of nitrogens with zero attached hydrogens (tertiary/aromatic N) is 1. The van der Waals surface area contributed by atoms with Crippen LogP contribution in [0.1, 0.15) is 109 Å². The molecule has 2 aromatic rings. The molecule has 0 spiro atoms. The van der Waals surface area contributed by atoms with E-state index in [0.717, 1.165) is 0 Å². The molecule has 3 aliphatic rings. The van der Waals surface area contributed by atoms with E-state index < -0.39 is 12.5 Å². The summed E-state index contributed by atoms with van der Waals surface area (Å²) in [5, 5.41) is 8.80. The maximum Gasteiger partial charge on any atom is 0.303 e. The van der Waals surface area contributed by atoms with Crippen LogP contribution in [0, 0.1) is 5.41 Å². The number of ether oxygens (including phenoxy) is 1. The van der Waals surface area contributed by atoms with Crippen LogP contribution in [0.15, 0.2) is 48.5 Å². The van der Waals surface area contributed by atoms with Gasteiger partial charge in [0.1, 0.15) is 5.75 Å². The molecule has 5 nitrogen and oxygen atoms in total. The van der Waals surface area contributed by atoms with Crippen LogP contribution in [-0.2, 0) is 16.7 Å². The fourth-order valence-corrected chi connectivity index (χ4v) is 5.88. The van der Waals surface area contributed by atoms with Crippen LogP contribution in [-0.4, -0.2) is 34.5 Å². The van der Waals surface area contributed by atoms with Gasteiger partial charge in [0.2, 0.25) is 0 Å². The number of hydrogen-bond donors (Lipinski definition) is 1. The monoisotopic (exact) mass is 507 g/mol. The number of para-hydroxylation sites is 1. The third-order valence-electron chi connectivity index (χ3n) is 8.52. The van der Waals surface area contributed by atoms with Gasteiger partial charge in [-0.25, -0.2) is 0 Å². The number of aliphatic carboxylic acids is 1. The zero-order chi connectivity index (χ0) is 28.3. The highest BCUT2D eigenvalue weighted by Crippen LogP contribution is 2.57. The number of amides is 1. The molecule has 0 radical (unpaired) electrons. The minimum Gasteiger partial charge on any atom is -0.493 e. The maximum atomic E-state index is 13.8. The molecular weight excluding hydrogens is 462 g/mol. The third kappa shape index (κ3) is 6.55. The highest BCUT2D eigenvalue weighted by Gasteiger charge is 2.46. The number of benzene rings is 2. The van der Waals surface area contributed by atoms with Crippen LogP contribution in [0.2, 0.25) is 0 Å². The molecule has 37 heavy (non-hydrogen) atoms. The standard InChI is InChI=1S/C32H43NO4/c1-24(2)33(23-26-9-6-7-10-28(26)37-22-8-4-5-11-29(34)35)30(36)25-12-14-27(15-13-25)32-19-16-31(3,17-20-32)18-21-32/h6-7,9-10,12-15,24H,4-5,8,11,16-23H2,1-3H3,(H,34,35)/i23D2. The highest BCUT2D eigenvalue weighted by molar-refractivity contribution is 5.94. The van der Waals surface area contributed by atoms with Gasteiger partial charge in [0.25, 0.3) is 5.91 Å². The van der Waals surface area contributed by atoms with Crippen LogP contribution in [0.25, 0.3) is 0 Å². The van der Waals surface area contributed by atoms with Crippen molar-refractivity contribution in [3.05, 3.63) is 65.2 Å². The average Bonchev–Trinajstić information content (AvgIpc) is 2.91. The summed E-state index contributed by atoms with van der Waals surface area (Å²) >= 11 is 0. The van der Waals surface area contributed by atoms with Gasteiger partial charge in [-0.05, 0) is 106 Å². The Morgan fingerprint density at radius 3 is 2.24 bits per heavy atom. The second-order valence-electron chi connectivity index (χ2n) is 11.6. The highest BCUT2D eigenvalue weighted by atomic mass is 16.5. The van der Waals surface area contributed by atoms with E-state index in [-0.39, 0.29) is 23.8 Å². The molecule has 5 heteroatoms. The Morgan fingerprint density at radius 2 is 1.62 bits per heavy atom. The van der Waals surface area contributed by atoms with Gasteiger partial charge in [0, 0.05) is 30.1 Å². The van der Waals surface area contributed by atoms with Crippen molar-refractivity contribution in [2.75, 3.05) is 6.61 Å². The number of carbonyl (C=O) groups excluding carboxylic acids is 1. The fourth-order valence-electron chi connectivity index (χ4n) is 5.88. The first-order valence-electron chi connectivity index (χ1n) is 14.9. The SMILES string of the molecule is [2H]C([2H])(c1ccccc1OCCCCCC(=O)O)N(C(=O)c1ccc(C23CCC(C)(CC2)CC3)cc1)C(C)C. The lowest BCUT2D eigenvalue weighted by Crippen LogP contribution is -2.42. The first-order valence-corrected chi connectivity index (χ1v) is 13.9. The molecule has 3 saturated carbocycles. The zero-order valence-corrected chi connectivity index (χ0v) is 22.6. The number of carbonyl (C=O) groups is 2. The second kappa shape index (κ2) is 11.7. The van der Waals surface area contributed by atoms with Crippen LogP contribution >= 0.6 is 0 Å². The molecule has 5 rings (SSSR count). The summed E-state index contributed by atoms with van der Waals surface area (Å²) in [6, 6.07) is 14.5. The van der Waals surface area contributed by atoms with Crippen molar-refractivity contribution in [2.45, 2.75) is 103 Å². The number of carboxylic acid groups (broad SMARTS) is 1. The summed E-state index contributed by atoms with van der Waals surface area (Å²) < 4.78 is 24.1. The lowest BCUT2D eigenvalue weighted by molar-refractivity contribution is -0.137. The molecule has 2 bridgehead atoms. The average molecular weight is 508 g/mol. The lowest BCUT2D eigenvalue weighted by Gasteiger charge is -2.52. The first-order chi connectivity index (χ1) is 18.5. The Balaban J connectivity index is 1.49. The molecule has 0 unspecified atom stereocenters. The van der Waals surface area contributed by atoms with E-state index in [1.807, 2.05) is 26.0 Å². The van der Waals surface area contributed by atoms with Gasteiger partial charge in [-0.2, -0.15) is 0 Å². The van der Waals surface area contributed by atoms with E-state index >= 15 is 0 Å². The van der Waals surface area contributed by atoms with Gasteiger partial charge in [-0.1, -0.05) is 37.3 Å². The van der Waals surface area contributed by atoms with Gasteiger partial charge in [-0.15, -0.1) is 0 Å². The van der Waals surface area contributed by atoms with Crippen molar-refractivity contribution in [3.63, 3.8) is 0 Å². The van der Waals surface area contributed by atoms with E-state index in [9.17, 15) is 9.59 Å². The summed E-state index contributed by atoms with van der Waals surface area (Å²) in [6.07, 6.45) is 9.49. The fraction of sp³-hybridized carbons (Fsp3) is 0.562. The molecule has 0 heterocycles. The number of carboxylic acids is 1. The minimum absolute atomic E-state index is 0.131. The Labute approximate surface area is 225 Å². The summed E-state index contributed by atoms with van der Waals surface area (Å²) in [6.45, 7) is 4.33. The predicted molar refractivity (Wildman–Crippen MR) is 147 cm³/mol. The Hall–Kier alpha value is -2.82. The normalized spacial score (nSPS) is 23.9. The molecule has 0 aliphatic heterocycles. The molecular formula is C32H43NO4. The molecule has 1 N–H and O–H groups in total. The van der Waals surface area contributed by atoms with Gasteiger partial charge in [0.15, 0.2) is 0 Å².